The molecule has 25 heteroatoms. The Hall–Kier alpha value is -8.10. The zero-order chi connectivity index (χ0) is 62.6. The summed E-state index contributed by atoms with van der Waals surface area (Å²) >= 11 is 0.917. The molecule has 4 aliphatic rings. The largest absolute Gasteiger partial charge is 0.494 e. The Morgan fingerprint density at radius 1 is 0.860 bits per heavy atom. The molecule has 1 saturated heterocycles. The maximum Gasteiger partial charge on any atom is 0.350 e. The number of fused-ring (bicyclic) bond motifs is 5. The highest BCUT2D eigenvalue weighted by Crippen LogP contribution is 2.64. The van der Waals surface area contributed by atoms with Crippen molar-refractivity contribution in [3.63, 3.8) is 0 Å². The van der Waals surface area contributed by atoms with E-state index in [0.29, 0.717) is 0 Å². The number of hydrogen-bond acceptors (Lipinski definition) is 21. The van der Waals surface area contributed by atoms with E-state index in [1.165, 1.54) is 65.1 Å². The van der Waals surface area contributed by atoms with Crippen LogP contribution in [0.1, 0.15) is 99.5 Å². The molecule has 4 aromatic rings. The third-order valence-corrected chi connectivity index (χ3v) is 18.1. The summed E-state index contributed by atoms with van der Waals surface area (Å²) in [4.78, 5) is 125. The van der Waals surface area contributed by atoms with Crippen LogP contribution in [0, 0.1) is 16.7 Å². The van der Waals surface area contributed by atoms with Crippen LogP contribution in [0.3, 0.4) is 0 Å². The maximum atomic E-state index is 15.9. The Bertz CT molecular complexity index is 3290. The van der Waals surface area contributed by atoms with Crippen LogP contribution >= 0.6 is 11.8 Å². The first-order chi connectivity index (χ1) is 40.7. The van der Waals surface area contributed by atoms with Crippen LogP contribution in [0.25, 0.3) is 0 Å². The van der Waals surface area contributed by atoms with E-state index in [9.17, 15) is 54.0 Å². The number of thioether (sulfide) groups is 1. The van der Waals surface area contributed by atoms with Gasteiger partial charge in [-0.05, 0) is 54.8 Å². The fourth-order valence-corrected chi connectivity index (χ4v) is 13.3. The molecule has 3 aliphatic carbocycles. The molecule has 1 aromatic heterocycles. The van der Waals surface area contributed by atoms with E-state index >= 15 is 9.59 Å². The minimum Gasteiger partial charge on any atom is -0.494 e. The van der Waals surface area contributed by atoms with Gasteiger partial charge >= 0.3 is 29.8 Å². The van der Waals surface area contributed by atoms with Crippen molar-refractivity contribution in [3.05, 3.63) is 125 Å². The molecule has 3 aromatic carbocycles. The second-order valence-corrected chi connectivity index (χ2v) is 23.6. The molecule has 2 saturated carbocycles. The molecule has 2 heterocycles. The van der Waals surface area contributed by atoms with E-state index in [-0.39, 0.29) is 63.8 Å². The number of nitrogens with one attached hydrogen (secondary N) is 3. The zero-order valence-corrected chi connectivity index (χ0v) is 49.3. The maximum absolute atomic E-state index is 15.9. The molecule has 8 rings (SSSR count). The molecule has 9 N–H and O–H groups in total. The SMILES string of the molecule is CNC(=O)CCNC(=O)[C@@H](N)CSc1cc(O)n(CCC(=O)O[C@@H](C(=O)O[C@H]2C[C@@]3(O)[C@@H](OC(=O)c4ccccc4)C4[C@](C)(C(=O)[C@H](OC(C)=O)C(=C2C)C3(C)C)[C@@H](O)C[C@H]2OC[C@@]42OC(C)=O)[C@@H](NC(=O)c2ccccc2)c2ccccc2)c1O. The average Bonchev–Trinajstić information content (AvgIpc) is 0.730. The molecule has 2 bridgehead atoms. The molecular formula is C61H71N5O19S. The van der Waals surface area contributed by atoms with E-state index in [1.807, 2.05) is 0 Å². The lowest BCUT2D eigenvalue weighted by molar-refractivity contribution is -0.346. The number of nitrogens with two attached hydrogens (primary N) is 1. The first-order valence-electron chi connectivity index (χ1n) is 27.9. The molecule has 1 aliphatic heterocycles. The van der Waals surface area contributed by atoms with Gasteiger partial charge in [0.2, 0.25) is 23.8 Å². The van der Waals surface area contributed by atoms with Gasteiger partial charge in [-0.25, -0.2) is 9.59 Å². The highest BCUT2D eigenvalue weighted by molar-refractivity contribution is 7.99. The molecule has 0 spiro atoms. The van der Waals surface area contributed by atoms with Crippen molar-refractivity contribution in [1.29, 1.82) is 0 Å². The van der Waals surface area contributed by atoms with Crippen LogP contribution in [-0.4, -0.2) is 158 Å². The van der Waals surface area contributed by atoms with Gasteiger partial charge in [0, 0.05) is 76.0 Å². The predicted molar refractivity (Wildman–Crippen MR) is 304 cm³/mol. The molecule has 86 heavy (non-hydrogen) atoms. The Labute approximate surface area is 499 Å². The number of nitrogens with zero attached hydrogens (tertiary/aromatic N) is 1. The number of Topliss-reactive ketones (excluding diaryl/α,β-unsaturated/α-hetero) is 1. The molecular weight excluding hydrogens is 1140 g/mol. The van der Waals surface area contributed by atoms with Crippen molar-refractivity contribution in [2.24, 2.45) is 22.5 Å². The standard InChI is InChI=1S/C61H71N5O19S/c1-32-39(29-61(79)52(84-56(77)37-21-15-10-16-22-37)50-59(6,41(69)28-42-60(50,31-80-42)85-34(3)68)51(73)48(81-33(2)67)46(32)58(61,4)5)82-57(78)49(47(35-17-11-8-12-18-35)65-53(74)36-19-13-9-14-20-36)83-45(72)24-26-66-44(71)27-40(55(66)76)86-30-38(62)54(75)64-25-23-43(70)63-7/h8-22,27,38-39,41-42,47-50,52,69,71,76,79H,23-26,28-31,62H2,1-7H3,(H,63,70)(H,64,75)(H,65,74)/t38-,39-,41-,42+,47-,48+,49+,50?,52-,59+,60-,61+/m0/s1. The molecule has 460 valence electrons. The van der Waals surface area contributed by atoms with Gasteiger partial charge in [0.1, 0.15) is 30.0 Å². The van der Waals surface area contributed by atoms with Gasteiger partial charge in [-0.2, -0.15) is 0 Å². The number of hydrogen-bond donors (Lipinski definition) is 8. The van der Waals surface area contributed by atoms with Crippen LogP contribution in [-0.2, 0) is 68.5 Å². The first-order valence-corrected chi connectivity index (χ1v) is 28.9. The van der Waals surface area contributed by atoms with Gasteiger partial charge in [0.25, 0.3) is 5.91 Å². The van der Waals surface area contributed by atoms with Crippen LogP contribution in [0.15, 0.2) is 113 Å². The normalized spacial score (nSPS) is 26.4. The monoisotopic (exact) mass is 1210 g/mol. The van der Waals surface area contributed by atoms with Crippen molar-refractivity contribution in [3.8, 4) is 11.8 Å². The fourth-order valence-electron chi connectivity index (χ4n) is 12.3. The van der Waals surface area contributed by atoms with E-state index in [2.05, 4.69) is 16.0 Å². The summed E-state index contributed by atoms with van der Waals surface area (Å²) in [6.07, 6.45) is -12.1. The molecule has 3 amide bonds. The highest BCUT2D eigenvalue weighted by atomic mass is 32.2. The van der Waals surface area contributed by atoms with Crippen molar-refractivity contribution >= 4 is 65.1 Å². The summed E-state index contributed by atoms with van der Waals surface area (Å²) < 4.78 is 38.0. The fraction of sp³-hybridized carbons (Fsp3) is 0.459. The molecule has 1 unspecified atom stereocenters. The van der Waals surface area contributed by atoms with Crippen LogP contribution in [0.5, 0.6) is 11.8 Å². The lowest BCUT2D eigenvalue weighted by atomic mass is 9.44. The summed E-state index contributed by atoms with van der Waals surface area (Å²) in [5.74, 6) is -10.6. The summed E-state index contributed by atoms with van der Waals surface area (Å²) in [6.45, 7) is 7.18. The number of benzene rings is 3. The Morgan fingerprint density at radius 2 is 1.49 bits per heavy atom. The lowest BCUT2D eigenvalue weighted by Gasteiger charge is -2.67. The predicted octanol–water partition coefficient (Wildman–Crippen LogP) is 3.26. The van der Waals surface area contributed by atoms with Crippen molar-refractivity contribution in [2.75, 3.05) is 26.0 Å². The van der Waals surface area contributed by atoms with Gasteiger partial charge in [0.05, 0.1) is 47.0 Å². The second-order valence-electron chi connectivity index (χ2n) is 22.5. The van der Waals surface area contributed by atoms with Crippen LogP contribution in [0.4, 0.5) is 0 Å². The number of rotatable bonds is 21. The third-order valence-electron chi connectivity index (χ3n) is 17.0. The van der Waals surface area contributed by atoms with Crippen LogP contribution < -0.4 is 21.7 Å². The number of carbonyl (C=O) groups excluding carboxylic acids is 9. The minimum absolute atomic E-state index is 0.00102. The number of ketones is 1. The van der Waals surface area contributed by atoms with Gasteiger partial charge in [0.15, 0.2) is 23.4 Å². The molecule has 12 atom stereocenters. The third kappa shape index (κ3) is 12.5. The van der Waals surface area contributed by atoms with Gasteiger partial charge in [-0.1, -0.05) is 80.6 Å². The number of aromatic nitrogens is 1. The summed E-state index contributed by atoms with van der Waals surface area (Å²) in [7, 11) is 1.45. The van der Waals surface area contributed by atoms with Crippen LogP contribution in [0.2, 0.25) is 0 Å². The number of aliphatic hydroxyl groups is 2. The van der Waals surface area contributed by atoms with Gasteiger partial charge in [-0.15, -0.1) is 11.8 Å². The Morgan fingerprint density at radius 3 is 2.08 bits per heavy atom. The van der Waals surface area contributed by atoms with E-state index in [1.54, 1.807) is 66.7 Å². The van der Waals surface area contributed by atoms with E-state index in [0.717, 1.165) is 30.2 Å². The lowest BCUT2D eigenvalue weighted by Crippen LogP contribution is -2.82. The Kier molecular flexibility index (Phi) is 19.2. The zero-order valence-electron chi connectivity index (χ0n) is 48.4. The highest BCUT2D eigenvalue weighted by Gasteiger charge is 2.78. The number of aliphatic hydroxyl groups excluding tert-OH is 1. The Balaban J connectivity index is 1.19. The number of aromatic hydroxyl groups is 2. The van der Waals surface area contributed by atoms with Crippen molar-refractivity contribution in [1.82, 2.24) is 20.5 Å². The number of carbonyl (C=O) groups is 9. The topological polar surface area (TPSA) is 357 Å². The quantitative estimate of drug-likeness (QED) is 0.0257. The summed E-state index contributed by atoms with van der Waals surface area (Å²) in [6, 6.07) is 22.0. The minimum atomic E-state index is -2.55. The van der Waals surface area contributed by atoms with Crippen molar-refractivity contribution < 1.29 is 92.0 Å². The van der Waals surface area contributed by atoms with Gasteiger partial charge < -0.3 is 70.5 Å². The number of ether oxygens (including phenoxy) is 6. The van der Waals surface area contributed by atoms with E-state index < -0.39 is 162 Å². The number of esters is 5. The molecule has 24 nitrogen and oxygen atoms in total. The summed E-state index contributed by atoms with van der Waals surface area (Å²) in [5.41, 5.74) is -2.02. The number of amides is 3. The average molecular weight is 1210 g/mol. The van der Waals surface area contributed by atoms with E-state index in [4.69, 9.17) is 34.2 Å². The molecule has 0 radical (unpaired) electrons. The molecule has 3 fully saturated rings. The summed E-state index contributed by atoms with van der Waals surface area (Å²) in [5, 5.41) is 56.4. The van der Waals surface area contributed by atoms with Gasteiger partial charge in [-0.3, -0.25) is 38.1 Å². The second kappa shape index (κ2) is 25.9. The van der Waals surface area contributed by atoms with Crippen molar-refractivity contribution in [2.45, 2.75) is 139 Å². The smallest absolute Gasteiger partial charge is 0.350 e. The first kappa shape index (κ1) is 63.9.